The molecule has 1 fully saturated rings. The minimum Gasteiger partial charge on any atom is -0.497 e. The second-order valence-corrected chi connectivity index (χ2v) is 9.60. The SMILES string of the molecule is CCOC(=O)C1CCN([C@H](c2cc3cccc(C)c3[nH]c2=O)c2nnnn2Cc2ccc(OC)cc2)CC1. The number of ether oxygens (including phenoxy) is 2. The molecule has 1 atom stereocenters. The van der Waals surface area contributed by atoms with Crippen LogP contribution in [0.4, 0.5) is 0 Å². The van der Waals surface area contributed by atoms with Gasteiger partial charge in [-0.2, -0.15) is 0 Å². The summed E-state index contributed by atoms with van der Waals surface area (Å²) in [6, 6.07) is 15.1. The van der Waals surface area contributed by atoms with Crippen LogP contribution >= 0.6 is 0 Å². The Morgan fingerprint density at radius 2 is 1.92 bits per heavy atom. The van der Waals surface area contributed by atoms with Crippen LogP contribution in [-0.4, -0.2) is 62.9 Å². The predicted molar refractivity (Wildman–Crippen MR) is 142 cm³/mol. The molecule has 0 aliphatic carbocycles. The first-order chi connectivity index (χ1) is 18.5. The Kier molecular flexibility index (Phi) is 7.50. The van der Waals surface area contributed by atoms with E-state index in [1.54, 1.807) is 11.8 Å². The largest absolute Gasteiger partial charge is 0.497 e. The van der Waals surface area contributed by atoms with Crippen molar-refractivity contribution >= 4 is 16.9 Å². The minimum atomic E-state index is -0.486. The number of nitrogens with one attached hydrogen (secondary N) is 1. The zero-order chi connectivity index (χ0) is 26.6. The summed E-state index contributed by atoms with van der Waals surface area (Å²) in [6.07, 6.45) is 1.28. The maximum Gasteiger partial charge on any atom is 0.309 e. The number of carbonyl (C=O) groups is 1. The average molecular weight is 517 g/mol. The van der Waals surface area contributed by atoms with Gasteiger partial charge in [0.25, 0.3) is 5.56 Å². The van der Waals surface area contributed by atoms with E-state index in [0.29, 0.717) is 50.5 Å². The molecule has 1 N–H and O–H groups in total. The number of hydrogen-bond acceptors (Lipinski definition) is 8. The van der Waals surface area contributed by atoms with E-state index in [1.165, 1.54) is 0 Å². The van der Waals surface area contributed by atoms with Crippen LogP contribution in [0.2, 0.25) is 0 Å². The van der Waals surface area contributed by atoms with E-state index in [4.69, 9.17) is 9.47 Å². The van der Waals surface area contributed by atoms with E-state index >= 15 is 0 Å². The molecule has 0 radical (unpaired) electrons. The van der Waals surface area contributed by atoms with E-state index in [9.17, 15) is 9.59 Å². The van der Waals surface area contributed by atoms with Crippen LogP contribution in [0.3, 0.4) is 0 Å². The fraction of sp³-hybridized carbons (Fsp3) is 0.393. The Hall–Kier alpha value is -4.05. The van der Waals surface area contributed by atoms with Gasteiger partial charge in [-0.3, -0.25) is 14.5 Å². The van der Waals surface area contributed by atoms with Crippen molar-refractivity contribution in [2.24, 2.45) is 5.92 Å². The number of piperidine rings is 1. The van der Waals surface area contributed by atoms with Gasteiger partial charge < -0.3 is 14.5 Å². The average Bonchev–Trinajstić information content (AvgIpc) is 3.38. The van der Waals surface area contributed by atoms with Gasteiger partial charge in [0.1, 0.15) is 11.8 Å². The molecule has 2 aromatic heterocycles. The van der Waals surface area contributed by atoms with E-state index in [-0.39, 0.29) is 17.4 Å². The molecule has 0 saturated carbocycles. The van der Waals surface area contributed by atoms with Crippen LogP contribution in [0.15, 0.2) is 53.3 Å². The molecule has 1 aliphatic rings. The second kappa shape index (κ2) is 11.1. The number of H-pyrrole nitrogens is 1. The summed E-state index contributed by atoms with van der Waals surface area (Å²) in [5.74, 6) is 1.03. The first-order valence-electron chi connectivity index (χ1n) is 12.9. The quantitative estimate of drug-likeness (QED) is 0.355. The molecule has 3 heterocycles. The van der Waals surface area contributed by atoms with Gasteiger partial charge in [0.05, 0.1) is 31.7 Å². The Morgan fingerprint density at radius 1 is 1.16 bits per heavy atom. The number of rotatable bonds is 8. The molecule has 1 saturated heterocycles. The van der Waals surface area contributed by atoms with Crippen LogP contribution in [-0.2, 0) is 16.1 Å². The number of nitrogens with zero attached hydrogens (tertiary/aromatic N) is 5. The number of esters is 1. The van der Waals surface area contributed by atoms with Gasteiger partial charge in [-0.05, 0) is 71.8 Å². The molecule has 38 heavy (non-hydrogen) atoms. The monoisotopic (exact) mass is 516 g/mol. The highest BCUT2D eigenvalue weighted by atomic mass is 16.5. The molecule has 0 amide bonds. The number of likely N-dealkylation sites (tertiary alicyclic amines) is 1. The molecular weight excluding hydrogens is 484 g/mol. The third-order valence-corrected chi connectivity index (χ3v) is 7.22. The number of aromatic amines is 1. The second-order valence-electron chi connectivity index (χ2n) is 9.60. The van der Waals surface area contributed by atoms with Crippen LogP contribution in [0.25, 0.3) is 10.9 Å². The summed E-state index contributed by atoms with van der Waals surface area (Å²) in [7, 11) is 1.63. The van der Waals surface area contributed by atoms with E-state index in [1.807, 2.05) is 62.4 Å². The summed E-state index contributed by atoms with van der Waals surface area (Å²) in [5.41, 5.74) is 3.22. The fourth-order valence-electron chi connectivity index (χ4n) is 5.18. The number of hydrogen-bond donors (Lipinski definition) is 1. The highest BCUT2D eigenvalue weighted by molar-refractivity contribution is 5.82. The van der Waals surface area contributed by atoms with E-state index < -0.39 is 6.04 Å². The third-order valence-electron chi connectivity index (χ3n) is 7.22. The summed E-state index contributed by atoms with van der Waals surface area (Å²) in [5, 5.41) is 13.6. The lowest BCUT2D eigenvalue weighted by Crippen LogP contribution is -2.42. The molecule has 1 aliphatic heterocycles. The Balaban J connectivity index is 1.53. The number of benzene rings is 2. The topological polar surface area (TPSA) is 115 Å². The molecule has 2 aromatic carbocycles. The number of aromatic nitrogens is 5. The highest BCUT2D eigenvalue weighted by Gasteiger charge is 2.35. The van der Waals surface area contributed by atoms with Gasteiger partial charge in [0, 0.05) is 18.7 Å². The van der Waals surface area contributed by atoms with Gasteiger partial charge in [-0.15, -0.1) is 5.10 Å². The van der Waals surface area contributed by atoms with E-state index in [0.717, 1.165) is 27.8 Å². The van der Waals surface area contributed by atoms with Crippen molar-refractivity contribution in [2.75, 3.05) is 26.8 Å². The van der Waals surface area contributed by atoms with Gasteiger partial charge in [-0.25, -0.2) is 4.68 Å². The Morgan fingerprint density at radius 3 is 2.63 bits per heavy atom. The number of para-hydroxylation sites is 1. The van der Waals surface area contributed by atoms with Gasteiger partial charge in [0.2, 0.25) is 0 Å². The lowest BCUT2D eigenvalue weighted by molar-refractivity contribution is -0.149. The van der Waals surface area contributed by atoms with Crippen molar-refractivity contribution in [3.05, 3.63) is 81.4 Å². The van der Waals surface area contributed by atoms with Crippen LogP contribution < -0.4 is 10.3 Å². The number of tetrazole rings is 1. The van der Waals surface area contributed by atoms with Crippen LogP contribution in [0.5, 0.6) is 5.75 Å². The zero-order valence-corrected chi connectivity index (χ0v) is 21.9. The zero-order valence-electron chi connectivity index (χ0n) is 21.9. The van der Waals surface area contributed by atoms with Crippen LogP contribution in [0, 0.1) is 12.8 Å². The lowest BCUT2D eigenvalue weighted by atomic mass is 9.93. The van der Waals surface area contributed by atoms with Crippen molar-refractivity contribution in [2.45, 2.75) is 39.3 Å². The number of aryl methyl sites for hydroxylation is 1. The first-order valence-corrected chi connectivity index (χ1v) is 12.9. The lowest BCUT2D eigenvalue weighted by Gasteiger charge is -2.36. The van der Waals surface area contributed by atoms with Crippen molar-refractivity contribution in [3.8, 4) is 5.75 Å². The molecular formula is C28H32N6O4. The molecule has 10 heteroatoms. The molecule has 10 nitrogen and oxygen atoms in total. The predicted octanol–water partition coefficient (Wildman–Crippen LogP) is 3.24. The molecule has 4 aromatic rings. The third kappa shape index (κ3) is 5.17. The molecule has 5 rings (SSSR count). The smallest absolute Gasteiger partial charge is 0.309 e. The maximum atomic E-state index is 13.5. The Labute approximate surface area is 220 Å². The van der Waals surface area contributed by atoms with E-state index in [2.05, 4.69) is 25.4 Å². The highest BCUT2D eigenvalue weighted by Crippen LogP contribution is 2.32. The minimum absolute atomic E-state index is 0.153. The molecule has 0 spiro atoms. The summed E-state index contributed by atoms with van der Waals surface area (Å²) < 4.78 is 12.3. The molecule has 0 unspecified atom stereocenters. The van der Waals surface area contributed by atoms with Crippen molar-refractivity contribution in [3.63, 3.8) is 0 Å². The van der Waals surface area contributed by atoms with Crippen molar-refractivity contribution in [1.82, 2.24) is 30.1 Å². The molecule has 0 bridgehead atoms. The van der Waals surface area contributed by atoms with Gasteiger partial charge >= 0.3 is 5.97 Å². The summed E-state index contributed by atoms with van der Waals surface area (Å²) in [4.78, 5) is 31.2. The number of fused-ring (bicyclic) bond motifs is 1. The number of carbonyl (C=O) groups excluding carboxylic acids is 1. The fourth-order valence-corrected chi connectivity index (χ4v) is 5.18. The normalized spacial score (nSPS) is 15.4. The van der Waals surface area contributed by atoms with Crippen molar-refractivity contribution in [1.29, 1.82) is 0 Å². The summed E-state index contributed by atoms with van der Waals surface area (Å²) in [6.45, 7) is 5.81. The first kappa shape index (κ1) is 25.6. The number of methoxy groups -OCH3 is 1. The Bertz CT molecular complexity index is 1470. The van der Waals surface area contributed by atoms with Crippen LogP contribution in [0.1, 0.15) is 48.3 Å². The van der Waals surface area contributed by atoms with Gasteiger partial charge in [0.15, 0.2) is 5.82 Å². The van der Waals surface area contributed by atoms with Gasteiger partial charge in [-0.1, -0.05) is 30.3 Å². The maximum absolute atomic E-state index is 13.5. The number of pyridine rings is 1. The summed E-state index contributed by atoms with van der Waals surface area (Å²) >= 11 is 0. The molecule has 198 valence electrons. The standard InChI is InChI=1S/C28H32N6O4/c1-4-38-28(36)20-12-14-33(15-13-20)25(23-16-21-7-5-6-18(2)24(21)29-27(23)35)26-30-31-32-34(26)17-19-8-10-22(37-3)11-9-19/h5-11,16,20,25H,4,12-15,17H2,1-3H3,(H,29,35)/t25-/m1/s1. The van der Waals surface area contributed by atoms with Crippen molar-refractivity contribution < 1.29 is 14.3 Å².